The summed E-state index contributed by atoms with van der Waals surface area (Å²) in [6.07, 6.45) is 7.43. The van der Waals surface area contributed by atoms with E-state index < -0.39 is 5.97 Å². The number of benzene rings is 2. The second-order valence-corrected chi connectivity index (χ2v) is 20.6. The van der Waals surface area contributed by atoms with E-state index >= 15 is 0 Å². The van der Waals surface area contributed by atoms with Crippen LogP contribution >= 0.6 is 33.9 Å². The van der Waals surface area contributed by atoms with Crippen LogP contribution < -0.4 is 21.3 Å². The zero-order valence-corrected chi connectivity index (χ0v) is 37.2. The summed E-state index contributed by atoms with van der Waals surface area (Å²) in [7, 11) is 0. The van der Waals surface area contributed by atoms with Crippen LogP contribution in [0.25, 0.3) is 21.3 Å². The van der Waals surface area contributed by atoms with Gasteiger partial charge in [-0.05, 0) is 132 Å². The van der Waals surface area contributed by atoms with Crippen molar-refractivity contribution in [3.05, 3.63) is 86.4 Å². The van der Waals surface area contributed by atoms with E-state index in [2.05, 4.69) is 61.6 Å². The maximum atomic E-state index is 13.7. The minimum absolute atomic E-state index is 0.0127. The van der Waals surface area contributed by atoms with Gasteiger partial charge < -0.3 is 25.8 Å². The number of aromatic nitrogens is 4. The van der Waals surface area contributed by atoms with Gasteiger partial charge in [-0.3, -0.25) is 19.6 Å². The largest absolute Gasteiger partial charge is 0.476 e. The van der Waals surface area contributed by atoms with Crippen molar-refractivity contribution in [1.82, 2.24) is 25.1 Å². The zero-order chi connectivity index (χ0) is 42.0. The van der Waals surface area contributed by atoms with E-state index in [0.29, 0.717) is 67.7 Å². The first-order valence-corrected chi connectivity index (χ1v) is 22.7. The zero-order valence-electron chi connectivity index (χ0n) is 34.3. The average molecular weight is 943 g/mol. The summed E-state index contributed by atoms with van der Waals surface area (Å²) in [6.45, 7) is 10.5. The Labute approximate surface area is 367 Å². The van der Waals surface area contributed by atoms with E-state index in [9.17, 15) is 19.5 Å². The van der Waals surface area contributed by atoms with Gasteiger partial charge in [0.1, 0.15) is 9.52 Å². The lowest BCUT2D eigenvalue weighted by Gasteiger charge is -2.69. The fourth-order valence-electron chi connectivity index (χ4n) is 12.2. The highest BCUT2D eigenvalue weighted by Crippen LogP contribution is 2.72. The molecule has 60 heavy (non-hydrogen) atoms. The van der Waals surface area contributed by atoms with E-state index in [1.54, 1.807) is 0 Å². The third-order valence-corrected chi connectivity index (χ3v) is 15.0. The van der Waals surface area contributed by atoms with E-state index in [1.165, 1.54) is 17.8 Å². The number of para-hydroxylation sites is 1. The van der Waals surface area contributed by atoms with Crippen molar-refractivity contribution >= 4 is 72.9 Å². The number of rotatable bonds is 14. The number of hydrogen-bond donors (Lipinski definition) is 4. The Balaban J connectivity index is 0.948. The summed E-state index contributed by atoms with van der Waals surface area (Å²) in [4.78, 5) is 49.3. The third-order valence-electron chi connectivity index (χ3n) is 13.2. The SMILES string of the molecule is Cc1c(-c2ccc(N3CCc4cccc(C(=O)Nc5nc6ccccc6s5)c4C3)nc2C(=O)O)c(I)nn1CC12CC3(C)CC(C)(C1)CC(OCCNCCC(N)=O)(C3)C2. The number of nitrogens with one attached hydrogen (secondary N) is 2. The van der Waals surface area contributed by atoms with Gasteiger partial charge in [0.05, 0.1) is 22.4 Å². The molecular weight excluding hydrogens is 892 g/mol. The Kier molecular flexibility index (Phi) is 10.6. The molecule has 1 aliphatic heterocycles. The van der Waals surface area contributed by atoms with Crippen molar-refractivity contribution in [3.8, 4) is 11.1 Å². The lowest BCUT2D eigenvalue weighted by molar-refractivity contribution is -0.247. The number of amides is 2. The number of anilines is 2. The molecule has 0 spiro atoms. The quantitative estimate of drug-likeness (QED) is 0.0641. The molecule has 2 unspecified atom stereocenters. The molecule has 314 valence electrons. The highest BCUT2D eigenvalue weighted by Gasteiger charge is 2.66. The van der Waals surface area contributed by atoms with Crippen molar-refractivity contribution in [2.24, 2.45) is 22.0 Å². The van der Waals surface area contributed by atoms with Gasteiger partial charge in [-0.25, -0.2) is 14.8 Å². The molecule has 2 aromatic carbocycles. The van der Waals surface area contributed by atoms with Crippen molar-refractivity contribution in [3.63, 3.8) is 0 Å². The minimum Gasteiger partial charge on any atom is -0.476 e. The number of ether oxygens (including phenoxy) is 1. The summed E-state index contributed by atoms with van der Waals surface area (Å²) in [5, 5.41) is 22.6. The van der Waals surface area contributed by atoms with Gasteiger partial charge in [-0.15, -0.1) is 0 Å². The number of carbonyl (C=O) groups is 3. The standard InChI is InChI=1S/C45H51IN8O5S/c1-27-36(38(46)52-54(27)26-44-21-42(2)20-43(3,22-44)24-45(23-42,25-44)59-18-16-48-15-13-34(47)55)30-11-12-35(50-37(30)40(57)58)53-17-14-28-7-6-8-29(31(28)19-53)39(56)51-41-49-32-9-4-5-10-33(32)60-41/h4-12,48H,13-26H2,1-3H3,(H2,47,55)(H,57,58)(H,49,51,56). The molecule has 3 aromatic heterocycles. The van der Waals surface area contributed by atoms with Crippen LogP contribution in [-0.2, 0) is 29.0 Å². The Morgan fingerprint density at radius 3 is 2.50 bits per heavy atom. The van der Waals surface area contributed by atoms with Crippen LogP contribution in [0.1, 0.15) is 96.5 Å². The number of carboxylic acid groups (broad SMARTS) is 1. The van der Waals surface area contributed by atoms with Gasteiger partial charge in [-0.1, -0.05) is 49.4 Å². The van der Waals surface area contributed by atoms with E-state index in [1.807, 2.05) is 61.5 Å². The molecule has 2 amide bonds. The Morgan fingerprint density at radius 2 is 1.75 bits per heavy atom. The summed E-state index contributed by atoms with van der Waals surface area (Å²) in [5.74, 6) is -1.09. The molecule has 10 rings (SSSR count). The monoisotopic (exact) mass is 942 g/mol. The highest BCUT2D eigenvalue weighted by molar-refractivity contribution is 14.1. The number of carbonyl (C=O) groups excluding carboxylic acids is 2. The maximum absolute atomic E-state index is 13.7. The summed E-state index contributed by atoms with van der Waals surface area (Å²) in [5.41, 5.74) is 11.0. The number of hydrogen-bond acceptors (Lipinski definition) is 10. The predicted molar refractivity (Wildman–Crippen MR) is 240 cm³/mol. The van der Waals surface area contributed by atoms with Gasteiger partial charge >= 0.3 is 5.97 Å². The predicted octanol–water partition coefficient (Wildman–Crippen LogP) is 7.58. The first-order chi connectivity index (χ1) is 28.6. The number of pyridine rings is 1. The maximum Gasteiger partial charge on any atom is 0.355 e. The number of nitrogens with zero attached hydrogens (tertiary/aromatic N) is 5. The Hall–Kier alpha value is -4.45. The van der Waals surface area contributed by atoms with Crippen LogP contribution in [-0.4, -0.2) is 74.5 Å². The topological polar surface area (TPSA) is 178 Å². The molecule has 5 N–H and O–H groups in total. The molecule has 4 aliphatic carbocycles. The second-order valence-electron chi connectivity index (χ2n) is 18.5. The number of aromatic carboxylic acids is 1. The lowest BCUT2D eigenvalue weighted by Crippen LogP contribution is -2.64. The second kappa shape index (κ2) is 15.5. The molecule has 5 aliphatic rings. The normalized spacial score (nSPS) is 25.4. The van der Waals surface area contributed by atoms with Crippen LogP contribution in [0.15, 0.2) is 54.6 Å². The van der Waals surface area contributed by atoms with Crippen LogP contribution in [0.2, 0.25) is 0 Å². The van der Waals surface area contributed by atoms with E-state index in [4.69, 9.17) is 20.6 Å². The van der Waals surface area contributed by atoms with Crippen LogP contribution in [0, 0.1) is 26.9 Å². The van der Waals surface area contributed by atoms with E-state index in [-0.39, 0.29) is 39.4 Å². The van der Waals surface area contributed by atoms with Crippen molar-refractivity contribution in [2.45, 2.75) is 90.8 Å². The molecule has 4 fully saturated rings. The van der Waals surface area contributed by atoms with Gasteiger partial charge in [0.15, 0.2) is 10.8 Å². The molecule has 0 saturated heterocycles. The molecule has 2 atom stereocenters. The molecule has 4 heterocycles. The van der Waals surface area contributed by atoms with E-state index in [0.717, 1.165) is 75.0 Å². The van der Waals surface area contributed by atoms with Gasteiger partial charge in [0.2, 0.25) is 5.91 Å². The number of nitrogens with two attached hydrogens (primary N) is 1. The lowest BCUT2D eigenvalue weighted by atomic mass is 9.39. The summed E-state index contributed by atoms with van der Waals surface area (Å²) < 4.78 is 10.7. The fraction of sp³-hybridized carbons (Fsp3) is 0.467. The first-order valence-electron chi connectivity index (χ1n) is 20.8. The Morgan fingerprint density at radius 1 is 0.967 bits per heavy atom. The molecule has 4 bridgehead atoms. The summed E-state index contributed by atoms with van der Waals surface area (Å²) in [6, 6.07) is 17.4. The van der Waals surface area contributed by atoms with Gasteiger partial charge in [-0.2, -0.15) is 5.10 Å². The number of carboxylic acids is 1. The van der Waals surface area contributed by atoms with Crippen LogP contribution in [0.5, 0.6) is 0 Å². The van der Waals surface area contributed by atoms with Gasteiger partial charge in [0.25, 0.3) is 5.91 Å². The minimum atomic E-state index is -1.10. The molecule has 15 heteroatoms. The molecule has 4 saturated carbocycles. The number of primary amides is 1. The summed E-state index contributed by atoms with van der Waals surface area (Å²) >= 11 is 3.68. The fourth-order valence-corrected chi connectivity index (χ4v) is 14.0. The number of fused-ring (bicyclic) bond motifs is 2. The molecule has 13 nitrogen and oxygen atoms in total. The highest BCUT2D eigenvalue weighted by atomic mass is 127. The van der Waals surface area contributed by atoms with Gasteiger partial charge in [0, 0.05) is 61.5 Å². The molecule has 5 aromatic rings. The van der Waals surface area contributed by atoms with Crippen molar-refractivity contribution in [1.29, 1.82) is 0 Å². The number of halogens is 1. The van der Waals surface area contributed by atoms with Crippen LogP contribution in [0.4, 0.5) is 10.9 Å². The average Bonchev–Trinajstić information content (AvgIpc) is 3.71. The van der Waals surface area contributed by atoms with Crippen molar-refractivity contribution < 1.29 is 24.2 Å². The molecular formula is C45H51IN8O5S. The first kappa shape index (κ1) is 40.9. The smallest absolute Gasteiger partial charge is 0.355 e. The Bertz CT molecular complexity index is 2480. The third kappa shape index (κ3) is 7.82. The van der Waals surface area contributed by atoms with Crippen molar-refractivity contribution in [2.75, 3.05) is 36.5 Å². The number of thiazole rings is 1. The van der Waals surface area contributed by atoms with Crippen LogP contribution in [0.3, 0.4) is 0 Å². The molecule has 0 radical (unpaired) electrons.